The maximum Gasteiger partial charge on any atom is 0.251 e. The van der Waals surface area contributed by atoms with Crippen molar-refractivity contribution in [3.63, 3.8) is 0 Å². The van der Waals surface area contributed by atoms with Crippen LogP contribution >= 0.6 is 0 Å². The van der Waals surface area contributed by atoms with Crippen LogP contribution < -0.4 is 10.6 Å². The van der Waals surface area contributed by atoms with Gasteiger partial charge in [-0.15, -0.1) is 0 Å². The van der Waals surface area contributed by atoms with E-state index in [1.54, 1.807) is 31.3 Å². The van der Waals surface area contributed by atoms with E-state index in [9.17, 15) is 9.59 Å². The number of amides is 1. The maximum absolute atomic E-state index is 11.2. The van der Waals surface area contributed by atoms with E-state index in [-0.39, 0.29) is 11.7 Å². The molecule has 15 heavy (non-hydrogen) atoms. The Hall–Kier alpha value is -1.84. The molecular formula is C11H14N2O2. The van der Waals surface area contributed by atoms with Crippen LogP contribution in [0.2, 0.25) is 0 Å². The summed E-state index contributed by atoms with van der Waals surface area (Å²) in [4.78, 5) is 21.9. The van der Waals surface area contributed by atoms with Gasteiger partial charge in [0.25, 0.3) is 5.91 Å². The Morgan fingerprint density at radius 3 is 2.27 bits per heavy atom. The van der Waals surface area contributed by atoms with Crippen LogP contribution in [0.3, 0.4) is 0 Å². The van der Waals surface area contributed by atoms with Crippen molar-refractivity contribution >= 4 is 17.4 Å². The summed E-state index contributed by atoms with van der Waals surface area (Å²) in [6.07, 6.45) is 0. The van der Waals surface area contributed by atoms with Gasteiger partial charge < -0.3 is 10.6 Å². The largest absolute Gasteiger partial charge is 0.378 e. The number of hydrogen-bond acceptors (Lipinski definition) is 3. The van der Waals surface area contributed by atoms with Crippen molar-refractivity contribution in [2.45, 2.75) is 6.92 Å². The average molecular weight is 206 g/mol. The molecular weight excluding hydrogens is 192 g/mol. The van der Waals surface area contributed by atoms with Gasteiger partial charge in [-0.3, -0.25) is 9.59 Å². The summed E-state index contributed by atoms with van der Waals surface area (Å²) < 4.78 is 0. The van der Waals surface area contributed by atoms with Gasteiger partial charge in [-0.2, -0.15) is 0 Å². The summed E-state index contributed by atoms with van der Waals surface area (Å²) in [5.74, 6) is -0.0431. The second-order valence-corrected chi connectivity index (χ2v) is 3.21. The lowest BCUT2D eigenvalue weighted by molar-refractivity contribution is -0.115. The van der Waals surface area contributed by atoms with E-state index in [2.05, 4.69) is 10.6 Å². The summed E-state index contributed by atoms with van der Waals surface area (Å²) in [5.41, 5.74) is 1.43. The van der Waals surface area contributed by atoms with E-state index in [4.69, 9.17) is 0 Å². The van der Waals surface area contributed by atoms with E-state index >= 15 is 0 Å². The Balaban J connectivity index is 2.64. The molecule has 0 bridgehead atoms. The van der Waals surface area contributed by atoms with Crippen molar-refractivity contribution < 1.29 is 9.59 Å². The van der Waals surface area contributed by atoms with E-state index < -0.39 is 0 Å². The number of hydrogen-bond donors (Lipinski definition) is 2. The van der Waals surface area contributed by atoms with Crippen LogP contribution in [0.5, 0.6) is 0 Å². The van der Waals surface area contributed by atoms with E-state index in [1.165, 1.54) is 6.92 Å². The van der Waals surface area contributed by atoms with Crippen LogP contribution in [0.4, 0.5) is 5.69 Å². The first kappa shape index (κ1) is 11.2. The van der Waals surface area contributed by atoms with Crippen LogP contribution in [0.1, 0.15) is 17.3 Å². The number of ketones is 1. The van der Waals surface area contributed by atoms with Crippen molar-refractivity contribution in [1.29, 1.82) is 0 Å². The lowest BCUT2D eigenvalue weighted by atomic mass is 10.2. The summed E-state index contributed by atoms with van der Waals surface area (Å²) in [6, 6.07) is 6.96. The quantitative estimate of drug-likeness (QED) is 0.774. The highest BCUT2D eigenvalue weighted by atomic mass is 16.1. The smallest absolute Gasteiger partial charge is 0.251 e. The van der Waals surface area contributed by atoms with Gasteiger partial charge in [0.05, 0.1) is 6.54 Å². The SMILES string of the molecule is CNC(=O)c1ccc(NCC(C)=O)cc1. The fourth-order valence-electron chi connectivity index (χ4n) is 1.11. The van der Waals surface area contributed by atoms with Crippen molar-refractivity contribution in [3.8, 4) is 0 Å². The molecule has 1 amide bonds. The minimum atomic E-state index is -0.117. The number of anilines is 1. The zero-order valence-corrected chi connectivity index (χ0v) is 8.83. The van der Waals surface area contributed by atoms with Crippen molar-refractivity contribution in [2.24, 2.45) is 0 Å². The third-order valence-corrected chi connectivity index (χ3v) is 1.92. The molecule has 0 saturated heterocycles. The molecule has 4 heteroatoms. The van der Waals surface area contributed by atoms with Gasteiger partial charge in [0.1, 0.15) is 5.78 Å². The zero-order valence-electron chi connectivity index (χ0n) is 8.83. The number of rotatable bonds is 4. The number of nitrogens with one attached hydrogen (secondary N) is 2. The van der Waals surface area contributed by atoms with E-state index in [0.717, 1.165) is 5.69 Å². The number of carbonyl (C=O) groups excluding carboxylic acids is 2. The molecule has 1 aromatic rings. The van der Waals surface area contributed by atoms with Crippen LogP contribution in [0, 0.1) is 0 Å². The fraction of sp³-hybridized carbons (Fsp3) is 0.273. The Morgan fingerprint density at radius 1 is 1.20 bits per heavy atom. The Bertz CT molecular complexity index is 357. The first-order valence-electron chi connectivity index (χ1n) is 4.69. The third-order valence-electron chi connectivity index (χ3n) is 1.92. The molecule has 0 aliphatic heterocycles. The molecule has 1 aromatic carbocycles. The second-order valence-electron chi connectivity index (χ2n) is 3.21. The summed E-state index contributed by atoms with van der Waals surface area (Å²) >= 11 is 0. The molecule has 0 unspecified atom stereocenters. The van der Waals surface area contributed by atoms with Gasteiger partial charge in [0, 0.05) is 18.3 Å². The second kappa shape index (κ2) is 5.14. The molecule has 0 aromatic heterocycles. The lowest BCUT2D eigenvalue weighted by Crippen LogP contribution is -2.17. The van der Waals surface area contributed by atoms with Crippen molar-refractivity contribution in [3.05, 3.63) is 29.8 Å². The van der Waals surface area contributed by atoms with Crippen molar-refractivity contribution in [2.75, 3.05) is 18.9 Å². The van der Waals surface area contributed by atoms with Crippen LogP contribution in [0.25, 0.3) is 0 Å². The minimum absolute atomic E-state index is 0.0744. The molecule has 0 radical (unpaired) electrons. The third kappa shape index (κ3) is 3.42. The van der Waals surface area contributed by atoms with Crippen LogP contribution in [-0.2, 0) is 4.79 Å². The highest BCUT2D eigenvalue weighted by Gasteiger charge is 2.01. The molecule has 4 nitrogen and oxygen atoms in total. The number of benzene rings is 1. The van der Waals surface area contributed by atoms with Crippen LogP contribution in [0.15, 0.2) is 24.3 Å². The molecule has 0 aliphatic rings. The van der Waals surface area contributed by atoms with Gasteiger partial charge in [0.15, 0.2) is 0 Å². The van der Waals surface area contributed by atoms with Crippen LogP contribution in [-0.4, -0.2) is 25.3 Å². The minimum Gasteiger partial charge on any atom is -0.378 e. The average Bonchev–Trinajstić information content (AvgIpc) is 2.26. The van der Waals surface area contributed by atoms with Gasteiger partial charge in [-0.1, -0.05) is 0 Å². The molecule has 80 valence electrons. The summed E-state index contributed by atoms with van der Waals surface area (Å²) in [6.45, 7) is 1.82. The summed E-state index contributed by atoms with van der Waals surface area (Å²) in [5, 5.41) is 5.48. The number of carbonyl (C=O) groups is 2. The normalized spacial score (nSPS) is 9.47. The van der Waals surface area contributed by atoms with E-state index in [0.29, 0.717) is 12.1 Å². The Labute approximate surface area is 88.7 Å². The Morgan fingerprint density at radius 2 is 1.80 bits per heavy atom. The highest BCUT2D eigenvalue weighted by molar-refractivity contribution is 5.94. The highest BCUT2D eigenvalue weighted by Crippen LogP contribution is 2.08. The van der Waals surface area contributed by atoms with Gasteiger partial charge >= 0.3 is 0 Å². The Kier molecular flexibility index (Phi) is 3.85. The lowest BCUT2D eigenvalue weighted by Gasteiger charge is -2.04. The predicted octanol–water partition coefficient (Wildman–Crippen LogP) is 1.05. The first-order chi connectivity index (χ1) is 7.13. The maximum atomic E-state index is 11.2. The molecule has 0 spiro atoms. The summed E-state index contributed by atoms with van der Waals surface area (Å²) in [7, 11) is 1.59. The molecule has 1 rings (SSSR count). The molecule has 2 N–H and O–H groups in total. The zero-order chi connectivity index (χ0) is 11.3. The molecule has 0 heterocycles. The molecule has 0 aliphatic carbocycles. The van der Waals surface area contributed by atoms with Gasteiger partial charge in [-0.05, 0) is 31.2 Å². The topological polar surface area (TPSA) is 58.2 Å². The molecule has 0 saturated carbocycles. The van der Waals surface area contributed by atoms with Gasteiger partial charge in [0.2, 0.25) is 0 Å². The number of Topliss-reactive ketones (excluding diaryl/α,β-unsaturated/α-hetero) is 1. The van der Waals surface area contributed by atoms with Gasteiger partial charge in [-0.25, -0.2) is 0 Å². The molecule has 0 atom stereocenters. The predicted molar refractivity (Wildman–Crippen MR) is 59.0 cm³/mol. The molecule has 0 fully saturated rings. The fourth-order valence-corrected chi connectivity index (χ4v) is 1.11. The standard InChI is InChI=1S/C11H14N2O2/c1-8(14)7-13-10-5-3-9(4-6-10)11(15)12-2/h3-6,13H,7H2,1-2H3,(H,12,15). The van der Waals surface area contributed by atoms with Crippen molar-refractivity contribution in [1.82, 2.24) is 5.32 Å². The first-order valence-corrected chi connectivity index (χ1v) is 4.69. The van der Waals surface area contributed by atoms with E-state index in [1.807, 2.05) is 0 Å². The monoisotopic (exact) mass is 206 g/mol.